The third kappa shape index (κ3) is 10.3. The maximum atomic E-state index is 12.2. The van der Waals surface area contributed by atoms with E-state index in [9.17, 15) is 17.8 Å². The Labute approximate surface area is 192 Å². The molecular weight excluding hydrogens is 434 g/mol. The van der Waals surface area contributed by atoms with Crippen LogP contribution in [0.15, 0.2) is 24.3 Å². The van der Waals surface area contributed by atoms with Gasteiger partial charge in [-0.15, -0.1) is 0 Å². The van der Waals surface area contributed by atoms with Gasteiger partial charge in [0, 0.05) is 12.6 Å². The molecule has 0 amide bonds. The van der Waals surface area contributed by atoms with E-state index in [4.69, 9.17) is 9.47 Å². The molecule has 0 spiro atoms. The number of benzene rings is 1. The summed E-state index contributed by atoms with van der Waals surface area (Å²) in [6.45, 7) is 4.98. The molecule has 0 radical (unpaired) electrons. The van der Waals surface area contributed by atoms with Gasteiger partial charge in [-0.3, -0.25) is 4.18 Å². The molecule has 3 rings (SSSR count). The summed E-state index contributed by atoms with van der Waals surface area (Å²) in [5.41, 5.74) is 0.604. The summed E-state index contributed by atoms with van der Waals surface area (Å²) in [6.07, 6.45) is 11.3. The highest BCUT2D eigenvalue weighted by molar-refractivity contribution is 7.80. The molecule has 8 nitrogen and oxygen atoms in total. The number of hydrogen-bond donors (Lipinski definition) is 0. The van der Waals surface area contributed by atoms with Crippen LogP contribution in [0.5, 0.6) is 5.75 Å². The average Bonchev–Trinajstić information content (AvgIpc) is 2.79. The Bertz CT molecular complexity index is 776. The highest BCUT2D eigenvalue weighted by Crippen LogP contribution is 2.23. The maximum Gasteiger partial charge on any atom is 0.338 e. The quantitative estimate of drug-likeness (QED) is 0.244. The van der Waals surface area contributed by atoms with E-state index in [1.807, 2.05) is 24.3 Å². The molecule has 1 heterocycles. The van der Waals surface area contributed by atoms with Crippen LogP contribution in [0.4, 0.5) is 0 Å². The van der Waals surface area contributed by atoms with E-state index in [1.54, 1.807) is 0 Å². The third-order valence-electron chi connectivity index (χ3n) is 5.91. The molecule has 182 valence electrons. The highest BCUT2D eigenvalue weighted by atomic mass is 32.3. The van der Waals surface area contributed by atoms with Crippen LogP contribution >= 0.6 is 0 Å². The Morgan fingerprint density at radius 1 is 1.06 bits per heavy atom. The van der Waals surface area contributed by atoms with Gasteiger partial charge in [0.15, 0.2) is 0 Å². The first-order valence-corrected chi connectivity index (χ1v) is 12.8. The van der Waals surface area contributed by atoms with Gasteiger partial charge in [0.2, 0.25) is 10.4 Å². The zero-order chi connectivity index (χ0) is 23.4. The first-order chi connectivity index (χ1) is 15.3. The number of carbonyl (C=O) groups excluding carboxylic acids is 1. The lowest BCUT2D eigenvalue weighted by molar-refractivity contribution is 0.0475. The minimum absolute atomic E-state index is 0.235. The van der Waals surface area contributed by atoms with E-state index < -0.39 is 10.4 Å². The zero-order valence-electron chi connectivity index (χ0n) is 19.2. The van der Waals surface area contributed by atoms with E-state index in [-0.39, 0.29) is 5.97 Å². The number of rotatable bonds is 8. The molecule has 32 heavy (non-hydrogen) atoms. The predicted octanol–water partition coefficient (Wildman–Crippen LogP) is 3.91. The van der Waals surface area contributed by atoms with Crippen molar-refractivity contribution in [2.24, 2.45) is 0 Å². The first kappa shape index (κ1) is 26.6. The minimum Gasteiger partial charge on any atom is -0.726 e. The Balaban J connectivity index is 0.000000534. The van der Waals surface area contributed by atoms with Gasteiger partial charge in [-0.25, -0.2) is 13.2 Å². The van der Waals surface area contributed by atoms with Crippen molar-refractivity contribution in [3.63, 3.8) is 0 Å². The van der Waals surface area contributed by atoms with Crippen molar-refractivity contribution in [2.45, 2.75) is 76.9 Å². The fraction of sp³-hybridized carbons (Fsp3) is 0.696. The van der Waals surface area contributed by atoms with Crippen LogP contribution in [0.3, 0.4) is 0 Å². The highest BCUT2D eigenvalue weighted by Gasteiger charge is 2.18. The zero-order valence-corrected chi connectivity index (χ0v) is 20.0. The van der Waals surface area contributed by atoms with Crippen molar-refractivity contribution in [1.82, 2.24) is 4.90 Å². The van der Waals surface area contributed by atoms with Crippen molar-refractivity contribution in [2.75, 3.05) is 26.8 Å². The summed E-state index contributed by atoms with van der Waals surface area (Å²) in [4.78, 5) is 14.7. The molecule has 1 saturated heterocycles. The Hall–Kier alpha value is -1.68. The second-order valence-electron chi connectivity index (χ2n) is 8.35. The van der Waals surface area contributed by atoms with Crippen molar-refractivity contribution in [1.29, 1.82) is 0 Å². The molecule has 1 atom stereocenters. The average molecular weight is 471 g/mol. The molecular formula is C23H36NO7S-. The molecule has 1 aromatic rings. The van der Waals surface area contributed by atoms with Crippen LogP contribution in [-0.4, -0.2) is 62.8 Å². The van der Waals surface area contributed by atoms with Gasteiger partial charge in [-0.1, -0.05) is 12.8 Å². The smallest absolute Gasteiger partial charge is 0.338 e. The molecule has 1 aliphatic heterocycles. The second kappa shape index (κ2) is 13.8. The van der Waals surface area contributed by atoms with Crippen LogP contribution in [0.25, 0.3) is 0 Å². The number of carbonyl (C=O) groups is 1. The molecule has 1 unspecified atom stereocenters. The SMILES string of the molecule is CC1CCCCN1CCCOC(=O)c1ccc(OC2CCCCC2)cc1.COS(=O)(=O)[O-]. The van der Waals surface area contributed by atoms with Crippen LogP contribution < -0.4 is 4.74 Å². The van der Waals surface area contributed by atoms with Gasteiger partial charge in [-0.05, 0) is 82.7 Å². The van der Waals surface area contributed by atoms with Gasteiger partial charge in [0.25, 0.3) is 0 Å². The molecule has 0 aromatic heterocycles. The predicted molar refractivity (Wildman–Crippen MR) is 120 cm³/mol. The van der Waals surface area contributed by atoms with Gasteiger partial charge < -0.3 is 18.9 Å². The Kier molecular flexibility index (Phi) is 11.4. The van der Waals surface area contributed by atoms with Crippen LogP contribution in [-0.2, 0) is 19.3 Å². The third-order valence-corrected chi connectivity index (χ3v) is 6.32. The van der Waals surface area contributed by atoms with Gasteiger partial charge in [0.1, 0.15) is 5.75 Å². The minimum atomic E-state index is -4.41. The van der Waals surface area contributed by atoms with Crippen molar-refractivity contribution in [3.05, 3.63) is 29.8 Å². The monoisotopic (exact) mass is 470 g/mol. The summed E-state index contributed by atoms with van der Waals surface area (Å²) in [6, 6.07) is 8.07. The van der Waals surface area contributed by atoms with E-state index >= 15 is 0 Å². The molecule has 2 fully saturated rings. The van der Waals surface area contributed by atoms with Gasteiger partial charge >= 0.3 is 5.97 Å². The lowest BCUT2D eigenvalue weighted by Gasteiger charge is -2.33. The summed E-state index contributed by atoms with van der Waals surface area (Å²) >= 11 is 0. The first-order valence-electron chi connectivity index (χ1n) is 11.5. The molecule has 1 aromatic carbocycles. The van der Waals surface area contributed by atoms with E-state index in [1.165, 1.54) is 45.1 Å². The lowest BCUT2D eigenvalue weighted by Crippen LogP contribution is -2.38. The normalized spacial score (nSPS) is 20.2. The molecule has 1 saturated carbocycles. The number of ether oxygens (including phenoxy) is 2. The largest absolute Gasteiger partial charge is 0.726 e. The number of likely N-dealkylation sites (tertiary alicyclic amines) is 1. The van der Waals surface area contributed by atoms with Gasteiger partial charge in [0.05, 0.1) is 25.4 Å². The van der Waals surface area contributed by atoms with Crippen molar-refractivity contribution in [3.8, 4) is 5.75 Å². The number of hydrogen-bond acceptors (Lipinski definition) is 8. The van der Waals surface area contributed by atoms with Crippen LogP contribution in [0, 0.1) is 0 Å². The van der Waals surface area contributed by atoms with Crippen LogP contribution in [0.1, 0.15) is 75.1 Å². The lowest BCUT2D eigenvalue weighted by atomic mass is 9.98. The Morgan fingerprint density at radius 2 is 1.69 bits per heavy atom. The fourth-order valence-corrected chi connectivity index (χ4v) is 4.05. The van der Waals surface area contributed by atoms with Gasteiger partial charge in [-0.2, -0.15) is 0 Å². The second-order valence-corrected chi connectivity index (χ2v) is 9.50. The topological polar surface area (TPSA) is 105 Å². The van der Waals surface area contributed by atoms with E-state index in [0.29, 0.717) is 24.3 Å². The molecule has 0 N–H and O–H groups in total. The molecule has 1 aliphatic carbocycles. The number of nitrogens with zero attached hydrogens (tertiary/aromatic N) is 1. The van der Waals surface area contributed by atoms with Crippen molar-refractivity contribution >= 4 is 16.4 Å². The summed E-state index contributed by atoms with van der Waals surface area (Å²) < 4.78 is 42.5. The van der Waals surface area contributed by atoms with Crippen LogP contribution in [0.2, 0.25) is 0 Å². The molecule has 2 aliphatic rings. The summed E-state index contributed by atoms with van der Waals surface area (Å²) in [5.74, 6) is 0.619. The number of esters is 1. The standard InChI is InChI=1S/C22H33NO3.CH4O4S/c1-18-8-5-6-15-23(18)16-7-17-25-22(24)19-11-13-21(14-12-19)26-20-9-3-2-4-10-20;1-5-6(2,3)4/h11-14,18,20H,2-10,15-17H2,1H3;1H3,(H,2,3,4)/p-1. The summed E-state index contributed by atoms with van der Waals surface area (Å²) in [5, 5.41) is 0. The number of piperidine rings is 1. The van der Waals surface area contributed by atoms with E-state index in [0.717, 1.165) is 38.7 Å². The Morgan fingerprint density at radius 3 is 2.28 bits per heavy atom. The van der Waals surface area contributed by atoms with E-state index in [2.05, 4.69) is 16.0 Å². The fourth-order valence-electron chi connectivity index (χ4n) is 4.05. The van der Waals surface area contributed by atoms with Crippen molar-refractivity contribution < 1.29 is 31.4 Å². The summed E-state index contributed by atoms with van der Waals surface area (Å²) in [7, 11) is -3.60. The maximum absolute atomic E-state index is 12.2. The molecule has 0 bridgehead atoms. The molecule has 9 heteroatoms.